The van der Waals surface area contributed by atoms with Crippen LogP contribution in [-0.4, -0.2) is 18.9 Å². The van der Waals surface area contributed by atoms with E-state index in [0.29, 0.717) is 5.69 Å². The van der Waals surface area contributed by atoms with Gasteiger partial charge in [0.1, 0.15) is 0 Å². The summed E-state index contributed by atoms with van der Waals surface area (Å²) < 4.78 is 0. The van der Waals surface area contributed by atoms with Crippen molar-refractivity contribution in [1.29, 1.82) is 0 Å². The van der Waals surface area contributed by atoms with Crippen LogP contribution in [0.4, 0.5) is 11.4 Å². The van der Waals surface area contributed by atoms with Gasteiger partial charge in [0.2, 0.25) is 11.8 Å². The molecule has 4 heteroatoms. The number of likely N-dealkylation sites (N-methyl/N-ethyl adjacent to an activating group) is 1. The lowest BCUT2D eigenvalue weighted by molar-refractivity contribution is -0.121. The number of nitrogens with zero attached hydrogens (tertiary/aromatic N) is 2. The van der Waals surface area contributed by atoms with Crippen LogP contribution >= 0.6 is 0 Å². The molecule has 0 unspecified atom stereocenters. The highest BCUT2D eigenvalue weighted by atomic mass is 16.2. The molecule has 2 heterocycles. The minimum atomic E-state index is -0.456. The predicted octanol–water partition coefficient (Wildman–Crippen LogP) is 5.03. The Kier molecular flexibility index (Phi) is 4.07. The van der Waals surface area contributed by atoms with Gasteiger partial charge in [-0.05, 0) is 23.1 Å². The molecule has 2 amide bonds. The van der Waals surface area contributed by atoms with Crippen molar-refractivity contribution in [1.82, 2.24) is 0 Å². The molecule has 2 aliphatic heterocycles. The summed E-state index contributed by atoms with van der Waals surface area (Å²) in [5.74, 6) is -0.749. The molecule has 3 aromatic carbocycles. The predicted molar refractivity (Wildman–Crippen MR) is 121 cm³/mol. The Hall–Kier alpha value is -3.40. The zero-order chi connectivity index (χ0) is 21.0. The monoisotopic (exact) mass is 396 g/mol. The number of hydrogen-bond acceptors (Lipinski definition) is 3. The molecule has 1 fully saturated rings. The Morgan fingerprint density at radius 1 is 0.900 bits per heavy atom. The van der Waals surface area contributed by atoms with Gasteiger partial charge in [-0.1, -0.05) is 74.5 Å². The van der Waals surface area contributed by atoms with E-state index in [0.717, 1.165) is 22.2 Å². The molecule has 0 aliphatic carbocycles. The third kappa shape index (κ3) is 2.60. The van der Waals surface area contributed by atoms with Gasteiger partial charge in [-0.25, -0.2) is 4.90 Å². The third-order valence-corrected chi connectivity index (χ3v) is 6.49. The van der Waals surface area contributed by atoms with Gasteiger partial charge in [-0.15, -0.1) is 0 Å². The molecule has 1 atom stereocenters. The third-order valence-electron chi connectivity index (χ3n) is 6.49. The van der Waals surface area contributed by atoms with Crippen LogP contribution in [0.5, 0.6) is 0 Å². The first-order chi connectivity index (χ1) is 14.4. The molecule has 0 bridgehead atoms. The number of rotatable bonds is 2. The maximum absolute atomic E-state index is 13.4. The van der Waals surface area contributed by atoms with E-state index in [4.69, 9.17) is 0 Å². The first-order valence-corrected chi connectivity index (χ1v) is 10.3. The van der Waals surface area contributed by atoms with E-state index in [1.165, 1.54) is 10.5 Å². The molecule has 1 saturated heterocycles. The van der Waals surface area contributed by atoms with E-state index in [2.05, 4.69) is 30.9 Å². The molecular weight excluding hydrogens is 372 g/mol. The molecule has 150 valence electrons. The molecule has 4 nitrogen and oxygen atoms in total. The first kappa shape index (κ1) is 18.6. The summed E-state index contributed by atoms with van der Waals surface area (Å²) in [5.41, 5.74) is 3.90. The van der Waals surface area contributed by atoms with E-state index in [-0.39, 0.29) is 23.7 Å². The summed E-state index contributed by atoms with van der Waals surface area (Å²) in [5, 5.41) is 1.94. The van der Waals surface area contributed by atoms with E-state index in [1.807, 2.05) is 67.7 Å². The van der Waals surface area contributed by atoms with Crippen LogP contribution in [-0.2, 0) is 15.0 Å². The fourth-order valence-electron chi connectivity index (χ4n) is 4.93. The van der Waals surface area contributed by atoms with Gasteiger partial charge in [0.25, 0.3) is 0 Å². The van der Waals surface area contributed by atoms with Crippen molar-refractivity contribution >= 4 is 34.0 Å². The van der Waals surface area contributed by atoms with Gasteiger partial charge in [-0.2, -0.15) is 0 Å². The van der Waals surface area contributed by atoms with E-state index >= 15 is 0 Å². The number of para-hydroxylation sites is 1. The van der Waals surface area contributed by atoms with Crippen molar-refractivity contribution in [3.8, 4) is 0 Å². The average Bonchev–Trinajstić information content (AvgIpc) is 3.13. The van der Waals surface area contributed by atoms with Crippen LogP contribution in [0.25, 0.3) is 10.8 Å². The van der Waals surface area contributed by atoms with Crippen molar-refractivity contribution < 1.29 is 9.59 Å². The summed E-state index contributed by atoms with van der Waals surface area (Å²) >= 11 is 0. The highest BCUT2D eigenvalue weighted by Gasteiger charge is 2.43. The molecule has 0 spiro atoms. The summed E-state index contributed by atoms with van der Waals surface area (Å²) in [4.78, 5) is 29.8. The highest BCUT2D eigenvalue weighted by molar-refractivity contribution is 6.24. The fourth-order valence-corrected chi connectivity index (χ4v) is 4.93. The van der Waals surface area contributed by atoms with Gasteiger partial charge < -0.3 is 4.90 Å². The van der Waals surface area contributed by atoms with E-state index < -0.39 is 5.92 Å². The van der Waals surface area contributed by atoms with Crippen LogP contribution in [0.15, 0.2) is 78.5 Å². The Balaban J connectivity index is 1.54. The number of anilines is 2. The van der Waals surface area contributed by atoms with Crippen molar-refractivity contribution in [2.45, 2.75) is 25.7 Å². The maximum atomic E-state index is 13.4. The normalized spacial score (nSPS) is 21.7. The molecule has 0 saturated carbocycles. The van der Waals surface area contributed by atoms with Gasteiger partial charge in [0.05, 0.1) is 11.6 Å². The largest absolute Gasteiger partial charge is 0.347 e. The van der Waals surface area contributed by atoms with Gasteiger partial charge in [0, 0.05) is 35.7 Å². The molecule has 30 heavy (non-hydrogen) atoms. The topological polar surface area (TPSA) is 40.6 Å². The van der Waals surface area contributed by atoms with Crippen LogP contribution in [0.1, 0.15) is 25.8 Å². The summed E-state index contributed by atoms with van der Waals surface area (Å²) in [6.07, 6.45) is 2.21. The molecule has 0 radical (unpaired) electrons. The van der Waals surface area contributed by atoms with Crippen LogP contribution in [0.3, 0.4) is 0 Å². The Labute approximate surface area is 176 Å². The van der Waals surface area contributed by atoms with Crippen LogP contribution < -0.4 is 9.80 Å². The SMILES string of the molecule is CN1/C(=C\[C@H]2CC(=O)N(c3cccc4ccccc34)C2=O)C(C)(C)c2ccccc21. The van der Waals surface area contributed by atoms with Crippen molar-refractivity contribution in [3.05, 3.63) is 84.1 Å². The van der Waals surface area contributed by atoms with Crippen molar-refractivity contribution in [3.63, 3.8) is 0 Å². The van der Waals surface area contributed by atoms with Gasteiger partial charge in [0.15, 0.2) is 0 Å². The standard InChI is InChI=1S/C26H24N2O2/c1-26(2)20-12-6-7-13-22(20)27(3)23(26)15-18-16-24(29)28(25(18)30)21-14-8-10-17-9-4-5-11-19(17)21/h4-15,18H,16H2,1-3H3/b23-15-/t18-/m0/s1. The molecular formula is C26H24N2O2. The van der Waals surface area contributed by atoms with Crippen molar-refractivity contribution in [2.75, 3.05) is 16.8 Å². The van der Waals surface area contributed by atoms with Crippen LogP contribution in [0, 0.1) is 5.92 Å². The first-order valence-electron chi connectivity index (χ1n) is 10.3. The molecule has 2 aliphatic rings. The minimum absolute atomic E-state index is 0.144. The molecule has 0 N–H and O–H groups in total. The zero-order valence-electron chi connectivity index (χ0n) is 17.4. The van der Waals surface area contributed by atoms with Crippen LogP contribution in [0.2, 0.25) is 0 Å². The number of carbonyl (C=O) groups is 2. The number of allylic oxidation sites excluding steroid dienone is 1. The average molecular weight is 396 g/mol. The van der Waals surface area contributed by atoms with E-state index in [9.17, 15) is 9.59 Å². The van der Waals surface area contributed by atoms with Gasteiger partial charge >= 0.3 is 0 Å². The number of carbonyl (C=O) groups excluding carboxylic acids is 2. The fraction of sp³-hybridized carbons (Fsp3) is 0.231. The summed E-state index contributed by atoms with van der Waals surface area (Å²) in [7, 11) is 2.03. The van der Waals surface area contributed by atoms with Gasteiger partial charge in [-0.3, -0.25) is 9.59 Å². The smallest absolute Gasteiger partial charge is 0.241 e. The second kappa shape index (κ2) is 6.56. The zero-order valence-corrected chi connectivity index (χ0v) is 17.4. The number of benzene rings is 3. The number of fused-ring (bicyclic) bond motifs is 2. The Morgan fingerprint density at radius 3 is 2.37 bits per heavy atom. The highest BCUT2D eigenvalue weighted by Crippen LogP contribution is 2.47. The Bertz CT molecular complexity index is 1220. The minimum Gasteiger partial charge on any atom is -0.347 e. The quantitative estimate of drug-likeness (QED) is 0.571. The lowest BCUT2D eigenvalue weighted by Gasteiger charge is -2.25. The summed E-state index contributed by atoms with van der Waals surface area (Å²) in [6, 6.07) is 21.9. The maximum Gasteiger partial charge on any atom is 0.241 e. The van der Waals surface area contributed by atoms with Crippen molar-refractivity contribution in [2.24, 2.45) is 5.92 Å². The molecule has 5 rings (SSSR count). The molecule has 3 aromatic rings. The van der Waals surface area contributed by atoms with E-state index in [1.54, 1.807) is 0 Å². The number of amides is 2. The number of imide groups is 1. The Morgan fingerprint density at radius 2 is 1.57 bits per heavy atom. The molecule has 0 aromatic heterocycles. The lowest BCUT2D eigenvalue weighted by Crippen LogP contribution is -2.31. The second-order valence-corrected chi connectivity index (χ2v) is 8.63. The number of hydrogen-bond donors (Lipinski definition) is 0. The lowest BCUT2D eigenvalue weighted by atomic mass is 9.82. The summed E-state index contributed by atoms with van der Waals surface area (Å²) in [6.45, 7) is 4.34. The second-order valence-electron chi connectivity index (χ2n) is 8.63.